The van der Waals surface area contributed by atoms with Crippen molar-refractivity contribution in [2.24, 2.45) is 5.73 Å². The molecule has 0 fully saturated rings. The molecule has 18 heavy (non-hydrogen) atoms. The summed E-state index contributed by atoms with van der Waals surface area (Å²) in [6.07, 6.45) is 3.69. The van der Waals surface area contributed by atoms with Gasteiger partial charge in [0.15, 0.2) is 0 Å². The van der Waals surface area contributed by atoms with E-state index in [4.69, 9.17) is 17.3 Å². The Kier molecular flexibility index (Phi) is 4.04. The third-order valence-electron chi connectivity index (χ3n) is 3.03. The second-order valence-electron chi connectivity index (χ2n) is 4.52. The fourth-order valence-electron chi connectivity index (χ4n) is 1.95. The highest BCUT2D eigenvalue weighted by Crippen LogP contribution is 2.25. The lowest BCUT2D eigenvalue weighted by Crippen LogP contribution is -2.22. The molecule has 0 saturated carbocycles. The van der Waals surface area contributed by atoms with Crippen molar-refractivity contribution >= 4 is 11.6 Å². The quantitative estimate of drug-likeness (QED) is 0.921. The van der Waals surface area contributed by atoms with Gasteiger partial charge >= 0.3 is 0 Å². The Bertz CT molecular complexity index is 534. The molecular formula is C14H18ClN3. The molecule has 1 unspecified atom stereocenters. The molecule has 1 atom stereocenters. The molecule has 96 valence electrons. The minimum Gasteiger partial charge on any atom is -0.327 e. The molecule has 0 aliphatic rings. The first-order valence-electron chi connectivity index (χ1n) is 6.17. The maximum absolute atomic E-state index is 6.30. The summed E-state index contributed by atoms with van der Waals surface area (Å²) in [5.74, 6) is 0. The molecule has 1 heterocycles. The van der Waals surface area contributed by atoms with Gasteiger partial charge in [-0.3, -0.25) is 0 Å². The lowest BCUT2D eigenvalue weighted by molar-refractivity contribution is 0.642. The van der Waals surface area contributed by atoms with E-state index >= 15 is 0 Å². The number of hydrogen-bond acceptors (Lipinski definition) is 2. The fourth-order valence-corrected chi connectivity index (χ4v) is 2.23. The molecule has 2 rings (SSSR count). The van der Waals surface area contributed by atoms with Crippen LogP contribution in [0.3, 0.4) is 0 Å². The van der Waals surface area contributed by atoms with Crippen LogP contribution >= 0.6 is 11.6 Å². The Labute approximate surface area is 113 Å². The summed E-state index contributed by atoms with van der Waals surface area (Å²) >= 11 is 6.30. The van der Waals surface area contributed by atoms with E-state index in [1.54, 1.807) is 0 Å². The van der Waals surface area contributed by atoms with Crippen LogP contribution in [0.15, 0.2) is 30.5 Å². The van der Waals surface area contributed by atoms with Crippen LogP contribution in [0.5, 0.6) is 0 Å². The lowest BCUT2D eigenvalue weighted by atomic mass is 10.0. The van der Waals surface area contributed by atoms with E-state index in [9.17, 15) is 0 Å². The summed E-state index contributed by atoms with van der Waals surface area (Å²) in [7, 11) is 0. The van der Waals surface area contributed by atoms with Crippen molar-refractivity contribution in [1.29, 1.82) is 0 Å². The second kappa shape index (κ2) is 5.55. The molecule has 1 aromatic carbocycles. The van der Waals surface area contributed by atoms with Gasteiger partial charge in [0, 0.05) is 12.2 Å². The molecule has 2 N–H and O–H groups in total. The van der Waals surface area contributed by atoms with E-state index in [2.05, 4.69) is 18.1 Å². The topological polar surface area (TPSA) is 43.8 Å². The number of aryl methyl sites for hydroxylation is 1. The summed E-state index contributed by atoms with van der Waals surface area (Å²) in [5.41, 5.74) is 9.09. The van der Waals surface area contributed by atoms with Crippen molar-refractivity contribution in [3.63, 3.8) is 0 Å². The maximum Gasteiger partial charge on any atom is 0.0864 e. The molecule has 4 heteroatoms. The first-order valence-corrected chi connectivity index (χ1v) is 6.55. The Morgan fingerprint density at radius 1 is 1.39 bits per heavy atom. The highest BCUT2D eigenvalue weighted by molar-refractivity contribution is 6.32. The summed E-state index contributed by atoms with van der Waals surface area (Å²) in [6.45, 7) is 4.05. The first-order chi connectivity index (χ1) is 8.61. The van der Waals surface area contributed by atoms with Crippen LogP contribution in [-0.2, 0) is 6.42 Å². The van der Waals surface area contributed by atoms with Crippen molar-refractivity contribution in [1.82, 2.24) is 9.78 Å². The summed E-state index contributed by atoms with van der Waals surface area (Å²) in [4.78, 5) is 0. The Morgan fingerprint density at radius 2 is 2.17 bits per heavy atom. The molecular weight excluding hydrogens is 246 g/mol. The minimum atomic E-state index is 0.152. The molecule has 0 saturated heterocycles. The number of benzene rings is 1. The lowest BCUT2D eigenvalue weighted by Gasteiger charge is -2.14. The van der Waals surface area contributed by atoms with E-state index < -0.39 is 0 Å². The number of rotatable bonds is 4. The third kappa shape index (κ3) is 2.74. The molecule has 0 spiro atoms. The molecule has 1 aromatic heterocycles. The van der Waals surface area contributed by atoms with Crippen molar-refractivity contribution < 1.29 is 0 Å². The number of nitrogens with two attached hydrogens (primary N) is 1. The van der Waals surface area contributed by atoms with Gasteiger partial charge < -0.3 is 5.73 Å². The number of halogens is 1. The van der Waals surface area contributed by atoms with Crippen LogP contribution in [0.4, 0.5) is 0 Å². The van der Waals surface area contributed by atoms with Gasteiger partial charge in [0.1, 0.15) is 0 Å². The van der Waals surface area contributed by atoms with Crippen LogP contribution in [0, 0.1) is 6.92 Å². The van der Waals surface area contributed by atoms with Crippen LogP contribution in [-0.4, -0.2) is 15.8 Å². The second-order valence-corrected chi connectivity index (χ2v) is 4.93. The van der Waals surface area contributed by atoms with Gasteiger partial charge in [-0.15, -0.1) is 0 Å². The largest absolute Gasteiger partial charge is 0.327 e. The average Bonchev–Trinajstić information content (AvgIpc) is 2.75. The van der Waals surface area contributed by atoms with Gasteiger partial charge in [-0.1, -0.05) is 30.7 Å². The van der Waals surface area contributed by atoms with Crippen LogP contribution in [0.2, 0.25) is 5.02 Å². The molecule has 3 nitrogen and oxygen atoms in total. The Balaban J connectivity index is 2.44. The van der Waals surface area contributed by atoms with E-state index in [0.29, 0.717) is 5.02 Å². The normalized spacial score (nSPS) is 12.7. The average molecular weight is 264 g/mol. The Morgan fingerprint density at radius 3 is 2.78 bits per heavy atom. The maximum atomic E-state index is 6.30. The minimum absolute atomic E-state index is 0.152. The van der Waals surface area contributed by atoms with Gasteiger partial charge in [-0.05, 0) is 37.5 Å². The van der Waals surface area contributed by atoms with E-state index in [0.717, 1.165) is 29.8 Å². The fraction of sp³-hybridized carbons (Fsp3) is 0.357. The van der Waals surface area contributed by atoms with Crippen molar-refractivity contribution in [2.45, 2.75) is 32.7 Å². The standard InChI is InChI=1S/C14H18ClN3/c1-3-12(16)9-11-5-4-6-13(15)14(11)18-8-7-10(2)17-18/h4-8,12H,3,9,16H2,1-2H3. The monoisotopic (exact) mass is 263 g/mol. The van der Waals surface area contributed by atoms with Gasteiger partial charge in [-0.25, -0.2) is 4.68 Å². The summed E-state index contributed by atoms with van der Waals surface area (Å²) in [6, 6.07) is 8.02. The van der Waals surface area contributed by atoms with Gasteiger partial charge in [0.2, 0.25) is 0 Å². The number of hydrogen-bond donors (Lipinski definition) is 1. The highest BCUT2D eigenvalue weighted by Gasteiger charge is 2.12. The van der Waals surface area contributed by atoms with Crippen molar-refractivity contribution in [3.8, 4) is 5.69 Å². The predicted molar refractivity (Wildman–Crippen MR) is 75.3 cm³/mol. The zero-order valence-corrected chi connectivity index (χ0v) is 11.5. The summed E-state index contributed by atoms with van der Waals surface area (Å²) in [5, 5.41) is 5.13. The number of para-hydroxylation sites is 1. The SMILES string of the molecule is CCC(N)Cc1cccc(Cl)c1-n1ccc(C)n1. The molecule has 0 aliphatic heterocycles. The third-order valence-corrected chi connectivity index (χ3v) is 3.33. The van der Waals surface area contributed by atoms with Crippen LogP contribution in [0.1, 0.15) is 24.6 Å². The zero-order chi connectivity index (χ0) is 13.1. The molecule has 2 aromatic rings. The molecule has 0 aliphatic carbocycles. The van der Waals surface area contributed by atoms with Crippen molar-refractivity contribution in [2.75, 3.05) is 0 Å². The van der Waals surface area contributed by atoms with Crippen molar-refractivity contribution in [3.05, 3.63) is 46.7 Å². The molecule has 0 bridgehead atoms. The smallest absolute Gasteiger partial charge is 0.0864 e. The van der Waals surface area contributed by atoms with E-state index in [-0.39, 0.29) is 6.04 Å². The predicted octanol–water partition coefficient (Wildman–Crippen LogP) is 3.11. The zero-order valence-electron chi connectivity index (χ0n) is 10.7. The van der Waals surface area contributed by atoms with Gasteiger partial charge in [-0.2, -0.15) is 5.10 Å². The van der Waals surface area contributed by atoms with Gasteiger partial charge in [0.05, 0.1) is 16.4 Å². The number of aromatic nitrogens is 2. The van der Waals surface area contributed by atoms with E-state index in [1.165, 1.54) is 0 Å². The van der Waals surface area contributed by atoms with Crippen LogP contribution < -0.4 is 5.73 Å². The van der Waals surface area contributed by atoms with Crippen LogP contribution in [0.25, 0.3) is 5.69 Å². The summed E-state index contributed by atoms with van der Waals surface area (Å²) < 4.78 is 1.83. The Hall–Kier alpha value is -1.32. The van der Waals surface area contributed by atoms with E-state index in [1.807, 2.05) is 36.0 Å². The van der Waals surface area contributed by atoms with Gasteiger partial charge in [0.25, 0.3) is 0 Å². The first kappa shape index (κ1) is 13.1. The highest BCUT2D eigenvalue weighted by atomic mass is 35.5. The number of nitrogens with zero attached hydrogens (tertiary/aromatic N) is 2. The molecule has 0 radical (unpaired) electrons. The molecule has 0 amide bonds.